The Morgan fingerprint density at radius 2 is 1.96 bits per heavy atom. The number of nitrogens with one attached hydrogen (secondary N) is 2. The molecule has 0 radical (unpaired) electrons. The molecule has 0 saturated heterocycles. The van der Waals surface area contributed by atoms with Crippen molar-refractivity contribution in [1.29, 1.82) is 0 Å². The molecule has 2 N–H and O–H groups in total. The van der Waals surface area contributed by atoms with Crippen molar-refractivity contribution in [1.82, 2.24) is 10.0 Å². The fraction of sp³-hybridized carbons (Fsp3) is 0.667. The molecule has 1 aromatic rings. The molecule has 23 heavy (non-hydrogen) atoms. The van der Waals surface area contributed by atoms with E-state index in [1.807, 2.05) is 0 Å². The molecule has 1 fully saturated rings. The van der Waals surface area contributed by atoms with Gasteiger partial charge in [0, 0.05) is 19.1 Å². The van der Waals surface area contributed by atoms with Gasteiger partial charge in [-0.05, 0) is 24.3 Å². The summed E-state index contributed by atoms with van der Waals surface area (Å²) in [4.78, 5) is 11.7. The van der Waals surface area contributed by atoms with Gasteiger partial charge in [-0.2, -0.15) is 0 Å². The van der Waals surface area contributed by atoms with Crippen LogP contribution >= 0.6 is 11.3 Å². The van der Waals surface area contributed by atoms with Crippen LogP contribution in [0.5, 0.6) is 0 Å². The fourth-order valence-corrected chi connectivity index (χ4v) is 5.14. The van der Waals surface area contributed by atoms with Crippen LogP contribution in [0.1, 0.15) is 48.2 Å². The molecule has 1 heterocycles. The van der Waals surface area contributed by atoms with Crippen molar-refractivity contribution in [3.8, 4) is 0 Å². The molecule has 130 valence electrons. The SMILES string of the molecule is COC(=O)c1sccc1S(=O)(=O)NCCNC1CCCCCC1. The standard InChI is InChI=1S/C15H24N2O4S2/c1-21-15(18)14-13(8-11-22-14)23(19,20)17-10-9-16-12-6-4-2-3-5-7-12/h8,11-12,16-17H,2-7,9-10H2,1H3. The predicted octanol–water partition coefficient (Wildman–Crippen LogP) is 2.13. The first-order chi connectivity index (χ1) is 11.0. The summed E-state index contributed by atoms with van der Waals surface area (Å²) in [6.45, 7) is 0.886. The summed E-state index contributed by atoms with van der Waals surface area (Å²) in [5.74, 6) is -0.628. The maximum Gasteiger partial charge on any atom is 0.349 e. The summed E-state index contributed by atoms with van der Waals surface area (Å²) < 4.78 is 31.8. The van der Waals surface area contributed by atoms with Crippen LogP contribution in [0.3, 0.4) is 0 Å². The number of hydrogen-bond acceptors (Lipinski definition) is 6. The second-order valence-corrected chi connectivity index (χ2v) is 8.30. The first-order valence-corrected chi connectivity index (χ1v) is 10.3. The molecule has 0 atom stereocenters. The van der Waals surface area contributed by atoms with E-state index in [4.69, 9.17) is 0 Å². The van der Waals surface area contributed by atoms with Gasteiger partial charge < -0.3 is 10.1 Å². The minimum Gasteiger partial charge on any atom is -0.465 e. The second-order valence-electron chi connectivity index (χ2n) is 5.65. The zero-order valence-corrected chi connectivity index (χ0v) is 15.0. The van der Waals surface area contributed by atoms with E-state index in [9.17, 15) is 13.2 Å². The van der Waals surface area contributed by atoms with Gasteiger partial charge in [0.05, 0.1) is 7.11 Å². The Balaban J connectivity index is 1.84. The average Bonchev–Trinajstić information content (AvgIpc) is 2.90. The number of carbonyl (C=O) groups is 1. The van der Waals surface area contributed by atoms with Crippen molar-refractivity contribution in [3.63, 3.8) is 0 Å². The molecule has 1 aliphatic rings. The number of ether oxygens (including phenoxy) is 1. The molecule has 8 heteroatoms. The van der Waals surface area contributed by atoms with E-state index in [1.165, 1.54) is 38.9 Å². The van der Waals surface area contributed by atoms with Gasteiger partial charge in [-0.25, -0.2) is 17.9 Å². The highest BCUT2D eigenvalue weighted by atomic mass is 32.2. The predicted molar refractivity (Wildman–Crippen MR) is 90.3 cm³/mol. The first-order valence-electron chi connectivity index (χ1n) is 7.93. The highest BCUT2D eigenvalue weighted by Crippen LogP contribution is 2.22. The van der Waals surface area contributed by atoms with Gasteiger partial charge in [-0.1, -0.05) is 25.7 Å². The maximum absolute atomic E-state index is 12.3. The lowest BCUT2D eigenvalue weighted by molar-refractivity contribution is 0.0602. The number of methoxy groups -OCH3 is 1. The Bertz CT molecular complexity index is 605. The van der Waals surface area contributed by atoms with Crippen molar-refractivity contribution in [3.05, 3.63) is 16.3 Å². The van der Waals surface area contributed by atoms with Crippen LogP contribution < -0.4 is 10.0 Å². The summed E-state index contributed by atoms with van der Waals surface area (Å²) in [6.07, 6.45) is 7.37. The molecule has 0 spiro atoms. The highest BCUT2D eigenvalue weighted by molar-refractivity contribution is 7.89. The molecular weight excluding hydrogens is 336 g/mol. The third-order valence-electron chi connectivity index (χ3n) is 3.99. The van der Waals surface area contributed by atoms with Crippen molar-refractivity contribution in [2.75, 3.05) is 20.2 Å². The molecule has 2 rings (SSSR count). The van der Waals surface area contributed by atoms with Crippen LogP contribution in [-0.4, -0.2) is 40.6 Å². The van der Waals surface area contributed by atoms with E-state index < -0.39 is 16.0 Å². The average molecular weight is 361 g/mol. The lowest BCUT2D eigenvalue weighted by atomic mass is 10.1. The monoisotopic (exact) mass is 360 g/mol. The van der Waals surface area contributed by atoms with E-state index in [1.54, 1.807) is 5.38 Å². The van der Waals surface area contributed by atoms with E-state index in [2.05, 4.69) is 14.8 Å². The number of rotatable bonds is 7. The fourth-order valence-electron chi connectivity index (χ4n) is 2.77. The van der Waals surface area contributed by atoms with Gasteiger partial charge in [-0.15, -0.1) is 11.3 Å². The molecule has 0 bridgehead atoms. The van der Waals surface area contributed by atoms with Crippen molar-refractivity contribution in [2.45, 2.75) is 49.5 Å². The Hall–Kier alpha value is -0.960. The molecule has 6 nitrogen and oxygen atoms in total. The number of thiophene rings is 1. The van der Waals surface area contributed by atoms with Gasteiger partial charge in [0.15, 0.2) is 0 Å². The van der Waals surface area contributed by atoms with Gasteiger partial charge in [0.2, 0.25) is 10.0 Å². The van der Waals surface area contributed by atoms with Crippen LogP contribution in [0, 0.1) is 0 Å². The Labute approximate surface area is 141 Å². The summed E-state index contributed by atoms with van der Waals surface area (Å²) >= 11 is 1.06. The smallest absolute Gasteiger partial charge is 0.349 e. The van der Waals surface area contributed by atoms with Crippen LogP contribution in [0.25, 0.3) is 0 Å². The lowest BCUT2D eigenvalue weighted by Crippen LogP contribution is -2.37. The second kappa shape index (κ2) is 8.77. The molecule has 0 amide bonds. The summed E-state index contributed by atoms with van der Waals surface area (Å²) in [7, 11) is -2.45. The Morgan fingerprint density at radius 3 is 2.61 bits per heavy atom. The molecule has 0 aromatic carbocycles. The number of sulfonamides is 1. The first kappa shape index (κ1) is 18.4. The van der Waals surface area contributed by atoms with Gasteiger partial charge in [-0.3, -0.25) is 0 Å². The summed E-state index contributed by atoms with van der Waals surface area (Å²) in [5.41, 5.74) is 0. The lowest BCUT2D eigenvalue weighted by Gasteiger charge is -2.16. The Kier molecular flexibility index (Phi) is 7.01. The third-order valence-corrected chi connectivity index (χ3v) is 6.52. The Morgan fingerprint density at radius 1 is 1.26 bits per heavy atom. The van der Waals surface area contributed by atoms with E-state index in [-0.39, 0.29) is 9.77 Å². The highest BCUT2D eigenvalue weighted by Gasteiger charge is 2.24. The largest absolute Gasteiger partial charge is 0.465 e. The normalized spacial score (nSPS) is 16.9. The summed E-state index contributed by atoms with van der Waals surface area (Å²) in [5, 5.41) is 4.99. The quantitative estimate of drug-likeness (QED) is 0.442. The van der Waals surface area contributed by atoms with Gasteiger partial charge >= 0.3 is 5.97 Å². The molecule has 1 saturated carbocycles. The zero-order valence-electron chi connectivity index (χ0n) is 13.3. The maximum atomic E-state index is 12.3. The number of carbonyl (C=O) groups excluding carboxylic acids is 1. The van der Waals surface area contributed by atoms with Crippen molar-refractivity contribution < 1.29 is 17.9 Å². The van der Waals surface area contributed by atoms with Crippen LogP contribution in [-0.2, 0) is 14.8 Å². The zero-order chi connectivity index (χ0) is 16.7. The van der Waals surface area contributed by atoms with Gasteiger partial charge in [0.25, 0.3) is 0 Å². The molecule has 1 aromatic heterocycles. The molecular formula is C15H24N2O4S2. The van der Waals surface area contributed by atoms with E-state index >= 15 is 0 Å². The molecule has 0 aliphatic heterocycles. The minimum absolute atomic E-state index is 0.0104. The number of hydrogen-bond donors (Lipinski definition) is 2. The van der Waals surface area contributed by atoms with E-state index in [0.717, 1.165) is 24.2 Å². The van der Waals surface area contributed by atoms with Gasteiger partial charge in [0.1, 0.15) is 9.77 Å². The van der Waals surface area contributed by atoms with E-state index in [0.29, 0.717) is 19.1 Å². The minimum atomic E-state index is -3.69. The van der Waals surface area contributed by atoms with Crippen LogP contribution in [0.2, 0.25) is 0 Å². The summed E-state index contributed by atoms with van der Waals surface area (Å²) in [6, 6.07) is 1.91. The number of esters is 1. The third kappa shape index (κ3) is 5.27. The topological polar surface area (TPSA) is 84.5 Å². The molecule has 0 unspecified atom stereocenters. The molecule has 1 aliphatic carbocycles. The van der Waals surface area contributed by atoms with Crippen LogP contribution in [0.15, 0.2) is 16.3 Å². The van der Waals surface area contributed by atoms with Crippen molar-refractivity contribution in [2.24, 2.45) is 0 Å². The van der Waals surface area contributed by atoms with Crippen molar-refractivity contribution >= 4 is 27.3 Å². The van der Waals surface area contributed by atoms with Crippen LogP contribution in [0.4, 0.5) is 0 Å².